The fraction of sp³-hybridized carbons (Fsp3) is 0.444. The van der Waals surface area contributed by atoms with E-state index in [1.807, 2.05) is 4.90 Å². The van der Waals surface area contributed by atoms with Gasteiger partial charge in [0.15, 0.2) is 11.6 Å². The number of benzene rings is 1. The molecule has 0 bridgehead atoms. The summed E-state index contributed by atoms with van der Waals surface area (Å²) in [7, 11) is -4.01. The van der Waals surface area contributed by atoms with Gasteiger partial charge in [-0.15, -0.1) is 0 Å². The second-order valence-corrected chi connectivity index (χ2v) is 7.98. The summed E-state index contributed by atoms with van der Waals surface area (Å²) in [6, 6.07) is 3.52. The zero-order valence-corrected chi connectivity index (χ0v) is 16.8. The molecule has 0 spiro atoms. The van der Waals surface area contributed by atoms with E-state index in [0.29, 0.717) is 43.6 Å². The Balaban J connectivity index is 1.86. The number of hydrogen-bond acceptors (Lipinski definition) is 7. The monoisotopic (exact) mass is 410 g/mol. The highest BCUT2D eigenvalue weighted by molar-refractivity contribution is 7.92. The lowest BCUT2D eigenvalue weighted by molar-refractivity contribution is 0.122. The molecule has 1 aliphatic rings. The molecule has 1 aromatic heterocycles. The number of aromatic nitrogens is 2. The molecular formula is C18H23FN4O4S. The number of ether oxygens (including phenoxy) is 2. The number of nitrogens with zero attached hydrogens (tertiary/aromatic N) is 3. The van der Waals surface area contributed by atoms with Crippen LogP contribution in [0.2, 0.25) is 0 Å². The Bertz CT molecular complexity index is 939. The van der Waals surface area contributed by atoms with Gasteiger partial charge in [-0.25, -0.2) is 22.8 Å². The minimum Gasteiger partial charge on any atom is -0.491 e. The van der Waals surface area contributed by atoms with E-state index in [-0.39, 0.29) is 22.9 Å². The molecule has 0 amide bonds. The number of hydrogen-bond donors (Lipinski definition) is 1. The third kappa shape index (κ3) is 4.33. The molecule has 0 atom stereocenters. The molecule has 28 heavy (non-hydrogen) atoms. The van der Waals surface area contributed by atoms with Crippen LogP contribution in [-0.2, 0) is 14.8 Å². The van der Waals surface area contributed by atoms with Gasteiger partial charge in [0.1, 0.15) is 0 Å². The molecule has 0 saturated carbocycles. The molecule has 152 valence electrons. The molecule has 1 aliphatic heterocycles. The van der Waals surface area contributed by atoms with Crippen LogP contribution in [0.25, 0.3) is 0 Å². The number of sulfonamides is 1. The van der Waals surface area contributed by atoms with Crippen molar-refractivity contribution in [3.63, 3.8) is 0 Å². The summed E-state index contributed by atoms with van der Waals surface area (Å²) < 4.78 is 52.4. The lowest BCUT2D eigenvalue weighted by atomic mass is 10.3. The normalized spacial score (nSPS) is 14.8. The van der Waals surface area contributed by atoms with Gasteiger partial charge in [-0.3, -0.25) is 4.72 Å². The van der Waals surface area contributed by atoms with Gasteiger partial charge >= 0.3 is 0 Å². The van der Waals surface area contributed by atoms with E-state index >= 15 is 0 Å². The summed E-state index contributed by atoms with van der Waals surface area (Å²) in [5, 5.41) is 0. The first-order chi connectivity index (χ1) is 13.3. The fourth-order valence-electron chi connectivity index (χ4n) is 2.87. The maximum atomic E-state index is 14.1. The van der Waals surface area contributed by atoms with Crippen molar-refractivity contribution in [2.45, 2.75) is 25.7 Å². The molecule has 0 unspecified atom stereocenters. The summed E-state index contributed by atoms with van der Waals surface area (Å²) in [6.07, 6.45) is 0. The second-order valence-electron chi connectivity index (χ2n) is 6.30. The first kappa shape index (κ1) is 20.3. The van der Waals surface area contributed by atoms with Gasteiger partial charge < -0.3 is 14.4 Å². The Kier molecular flexibility index (Phi) is 5.99. The largest absolute Gasteiger partial charge is 0.491 e. The lowest BCUT2D eigenvalue weighted by Crippen LogP contribution is -2.37. The van der Waals surface area contributed by atoms with Crippen LogP contribution >= 0.6 is 0 Å². The number of anilines is 2. The maximum absolute atomic E-state index is 14.1. The smallest absolute Gasteiger partial charge is 0.262 e. The molecule has 1 saturated heterocycles. The van der Waals surface area contributed by atoms with Gasteiger partial charge in [0.2, 0.25) is 5.95 Å². The zero-order valence-electron chi connectivity index (χ0n) is 16.0. The van der Waals surface area contributed by atoms with E-state index in [0.717, 1.165) is 6.07 Å². The predicted octanol–water partition coefficient (Wildman–Crippen LogP) is 2.27. The van der Waals surface area contributed by atoms with Gasteiger partial charge in [-0.05, 0) is 39.0 Å². The molecule has 3 rings (SSSR count). The Morgan fingerprint density at radius 2 is 1.86 bits per heavy atom. The zero-order chi connectivity index (χ0) is 20.3. The predicted molar refractivity (Wildman–Crippen MR) is 103 cm³/mol. The quantitative estimate of drug-likeness (QED) is 0.781. The molecule has 1 fully saturated rings. The number of halogens is 1. The average Bonchev–Trinajstić information content (AvgIpc) is 2.67. The molecule has 1 N–H and O–H groups in total. The van der Waals surface area contributed by atoms with Crippen molar-refractivity contribution < 1.29 is 22.3 Å². The van der Waals surface area contributed by atoms with Crippen molar-refractivity contribution in [3.05, 3.63) is 35.4 Å². The van der Waals surface area contributed by atoms with Gasteiger partial charge in [0.25, 0.3) is 10.0 Å². The van der Waals surface area contributed by atoms with Gasteiger partial charge in [-0.1, -0.05) is 0 Å². The topological polar surface area (TPSA) is 93.7 Å². The molecule has 0 aliphatic carbocycles. The van der Waals surface area contributed by atoms with Crippen LogP contribution in [0.15, 0.2) is 23.1 Å². The molecule has 2 heterocycles. The Hall–Kier alpha value is -2.46. The molecule has 0 radical (unpaired) electrons. The minimum absolute atomic E-state index is 0.00649. The first-order valence-corrected chi connectivity index (χ1v) is 10.4. The van der Waals surface area contributed by atoms with E-state index in [4.69, 9.17) is 9.47 Å². The van der Waals surface area contributed by atoms with E-state index in [9.17, 15) is 12.8 Å². The summed E-state index contributed by atoms with van der Waals surface area (Å²) >= 11 is 0. The Morgan fingerprint density at radius 1 is 1.21 bits per heavy atom. The highest BCUT2D eigenvalue weighted by atomic mass is 32.2. The van der Waals surface area contributed by atoms with Gasteiger partial charge in [-0.2, -0.15) is 0 Å². The van der Waals surface area contributed by atoms with Crippen LogP contribution in [0.3, 0.4) is 0 Å². The van der Waals surface area contributed by atoms with E-state index in [2.05, 4.69) is 14.7 Å². The molecule has 8 nitrogen and oxygen atoms in total. The van der Waals surface area contributed by atoms with Crippen LogP contribution in [0.4, 0.5) is 16.0 Å². The number of rotatable bonds is 6. The van der Waals surface area contributed by atoms with Crippen LogP contribution in [0, 0.1) is 19.7 Å². The second kappa shape index (κ2) is 8.27. The summed E-state index contributed by atoms with van der Waals surface area (Å²) in [5.74, 6) is -0.197. The average molecular weight is 410 g/mol. The minimum atomic E-state index is -4.01. The maximum Gasteiger partial charge on any atom is 0.262 e. The van der Waals surface area contributed by atoms with Crippen molar-refractivity contribution in [2.75, 3.05) is 42.5 Å². The number of morpholine rings is 1. The summed E-state index contributed by atoms with van der Waals surface area (Å²) in [4.78, 5) is 10.6. The Labute approximate surface area is 163 Å². The Morgan fingerprint density at radius 3 is 2.43 bits per heavy atom. The van der Waals surface area contributed by atoms with Gasteiger partial charge in [0, 0.05) is 13.1 Å². The van der Waals surface area contributed by atoms with Crippen molar-refractivity contribution in [1.82, 2.24) is 9.97 Å². The van der Waals surface area contributed by atoms with E-state index < -0.39 is 15.8 Å². The van der Waals surface area contributed by atoms with Crippen LogP contribution in [0.5, 0.6) is 5.75 Å². The van der Waals surface area contributed by atoms with E-state index in [1.165, 1.54) is 12.1 Å². The van der Waals surface area contributed by atoms with Crippen LogP contribution in [0.1, 0.15) is 18.3 Å². The van der Waals surface area contributed by atoms with Crippen molar-refractivity contribution in [1.29, 1.82) is 0 Å². The lowest BCUT2D eigenvalue weighted by Gasteiger charge is -2.27. The van der Waals surface area contributed by atoms with Crippen molar-refractivity contribution >= 4 is 21.7 Å². The fourth-order valence-corrected chi connectivity index (χ4v) is 4.05. The molecule has 2 aromatic rings. The van der Waals surface area contributed by atoms with Crippen LogP contribution in [-0.4, -0.2) is 51.3 Å². The van der Waals surface area contributed by atoms with Crippen molar-refractivity contribution in [2.24, 2.45) is 0 Å². The third-order valence-corrected chi connectivity index (χ3v) is 5.65. The number of nitrogens with one attached hydrogen (secondary N) is 1. The molecule has 1 aromatic carbocycles. The third-order valence-electron chi connectivity index (χ3n) is 4.30. The summed E-state index contributed by atoms with van der Waals surface area (Å²) in [5.41, 5.74) is 1.26. The van der Waals surface area contributed by atoms with E-state index in [1.54, 1.807) is 20.8 Å². The summed E-state index contributed by atoms with van der Waals surface area (Å²) in [6.45, 7) is 7.96. The molecule has 10 heteroatoms. The standard InChI is InChI=1S/C18H23FN4O4S/c1-4-27-16-6-5-14(11-15(16)19)28(24,25)22-17-12(2)20-18(21-13(17)3)23-7-9-26-10-8-23/h5-6,11,22H,4,7-10H2,1-3H3. The molecular weight excluding hydrogens is 387 g/mol. The SMILES string of the molecule is CCOc1ccc(S(=O)(=O)Nc2c(C)nc(N3CCOCC3)nc2C)cc1F. The highest BCUT2D eigenvalue weighted by Crippen LogP contribution is 2.26. The highest BCUT2D eigenvalue weighted by Gasteiger charge is 2.22. The first-order valence-electron chi connectivity index (χ1n) is 8.95. The van der Waals surface area contributed by atoms with Gasteiger partial charge in [0.05, 0.1) is 41.8 Å². The number of aryl methyl sites for hydroxylation is 2. The van der Waals surface area contributed by atoms with Crippen molar-refractivity contribution in [3.8, 4) is 5.75 Å². The van der Waals surface area contributed by atoms with Crippen LogP contribution < -0.4 is 14.4 Å².